The van der Waals surface area contributed by atoms with Crippen LogP contribution in [0.5, 0.6) is 0 Å². The van der Waals surface area contributed by atoms with E-state index >= 15 is 0 Å². The highest BCUT2D eigenvalue weighted by molar-refractivity contribution is 9.11. The molecule has 37 nitrogen and oxygen atoms in total. The van der Waals surface area contributed by atoms with Crippen molar-refractivity contribution in [2.45, 2.75) is 197 Å². The molecule has 0 bridgehead atoms. The van der Waals surface area contributed by atoms with Crippen LogP contribution in [-0.4, -0.2) is 180 Å². The van der Waals surface area contributed by atoms with Gasteiger partial charge in [0.1, 0.15) is 58.2 Å². The van der Waals surface area contributed by atoms with Crippen LogP contribution in [0, 0.1) is 11.8 Å². The Labute approximate surface area is 814 Å². The monoisotopic (exact) mass is 2140 g/mol. The number of pyridine rings is 5. The third-order valence-electron chi connectivity index (χ3n) is 24.2. The molecule has 15 aromatic rings. The summed E-state index contributed by atoms with van der Waals surface area (Å²) in [5.74, 6) is 6.99. The van der Waals surface area contributed by atoms with Crippen LogP contribution in [0.4, 0.5) is 58.2 Å². The molecular weight excluding hydrogens is 2030 g/mol. The fourth-order valence-corrected chi connectivity index (χ4v) is 19.0. The van der Waals surface area contributed by atoms with Gasteiger partial charge in [-0.1, -0.05) is 68.9 Å². The van der Waals surface area contributed by atoms with E-state index in [0.717, 1.165) is 229 Å². The van der Waals surface area contributed by atoms with Crippen molar-refractivity contribution < 1.29 is 29.6 Å². The van der Waals surface area contributed by atoms with Gasteiger partial charge in [-0.2, -0.15) is 48.1 Å². The number of nitrogens with two attached hydrogens (primary N) is 1. The first kappa shape index (κ1) is 95.2. The summed E-state index contributed by atoms with van der Waals surface area (Å²) in [5, 5.41) is 86.1. The van der Waals surface area contributed by atoms with Crippen molar-refractivity contribution in [3.8, 4) is 0 Å². The topological polar surface area (TPSA) is 466 Å². The van der Waals surface area contributed by atoms with Crippen LogP contribution in [0.15, 0.2) is 206 Å². The van der Waals surface area contributed by atoms with E-state index in [-0.39, 0.29) is 72.2 Å². The molecule has 15 heterocycles. The first-order valence-electron chi connectivity index (χ1n) is 45.0. The Balaban J connectivity index is 0.000000122. The number of hydrogen-bond donors (Lipinski definition) is 14. The van der Waals surface area contributed by atoms with Crippen molar-refractivity contribution in [2.75, 3.05) is 66.4 Å². The third kappa shape index (κ3) is 24.4. The van der Waals surface area contributed by atoms with Crippen LogP contribution < -0.4 is 58.9 Å². The average Bonchev–Trinajstić information content (AvgIpc) is 1.61. The van der Waals surface area contributed by atoms with Crippen LogP contribution in [0.3, 0.4) is 0 Å². The van der Waals surface area contributed by atoms with Gasteiger partial charge in [-0.3, -0.25) is 34.5 Å². The number of aliphatic hydroxyl groups is 3. The maximum atomic E-state index is 12.4. The smallest absolute Gasteiger partial charge is 0.311 e. The lowest BCUT2D eigenvalue weighted by Gasteiger charge is -2.31. The highest BCUT2D eigenvalue weighted by atomic mass is 79.9. The molecule has 15 N–H and O–H groups in total. The van der Waals surface area contributed by atoms with Gasteiger partial charge >= 0.3 is 5.97 Å². The summed E-state index contributed by atoms with van der Waals surface area (Å²) in [5.41, 5.74) is 14.3. The number of primary amides is 1. The van der Waals surface area contributed by atoms with Crippen molar-refractivity contribution in [1.29, 1.82) is 0 Å². The Hall–Kier alpha value is -11.9. The van der Waals surface area contributed by atoms with E-state index in [1.165, 1.54) is 0 Å². The molecule has 0 saturated heterocycles. The van der Waals surface area contributed by atoms with Crippen molar-refractivity contribution in [2.24, 2.45) is 17.6 Å². The molecule has 2 unspecified atom stereocenters. The van der Waals surface area contributed by atoms with E-state index in [1.807, 2.05) is 129 Å². The second-order valence-electron chi connectivity index (χ2n) is 33.6. The molecule has 700 valence electrons. The molecule has 0 spiro atoms. The number of aromatic nitrogens is 20. The zero-order valence-electron chi connectivity index (χ0n) is 73.6. The molecule has 134 heavy (non-hydrogen) atoms. The SMILES string of the molecule is CCOC(=O)[C@H]1CCCCC1Nc1cc(NCc2cccnc2)n2ncc(Br)c2n1.NC(=O)[C@H]1CCCCC1Nc1cc(NCc2cccnc2)n2ncc(Br)c2n1.OCC1(Nc2cc(NCc3cccnc3)n3ncc(Br)c3n2)CCCC1.O[C@@H]1CCC[C@H]1Nc1cc(NCc2cccnc2)n2ncc(Br)c2n1.O[C@H]1CCC[C@@H]1Nc1cc(NCc2cccnc2)n2ncc(Br)c2n1. The van der Waals surface area contributed by atoms with Gasteiger partial charge in [0.05, 0.1) is 108 Å². The Morgan fingerprint density at radius 2 is 0.672 bits per heavy atom. The van der Waals surface area contributed by atoms with Gasteiger partial charge in [0.2, 0.25) is 5.91 Å². The predicted molar refractivity (Wildman–Crippen MR) is 532 cm³/mol. The number of nitrogens with zero attached hydrogens (tertiary/aromatic N) is 20. The number of amides is 1. The number of rotatable bonds is 29. The second-order valence-corrected chi connectivity index (χ2v) is 37.8. The third-order valence-corrected chi connectivity index (χ3v) is 27.0. The van der Waals surface area contributed by atoms with Crippen LogP contribution in [0.1, 0.15) is 150 Å². The first-order chi connectivity index (χ1) is 65.4. The van der Waals surface area contributed by atoms with Crippen LogP contribution in [0.2, 0.25) is 0 Å². The lowest BCUT2D eigenvalue weighted by atomic mass is 9.84. The van der Waals surface area contributed by atoms with Crippen LogP contribution >= 0.6 is 79.6 Å². The molecule has 0 radical (unpaired) electrons. The molecule has 8 atom stereocenters. The summed E-state index contributed by atoms with van der Waals surface area (Å²) in [7, 11) is 0. The predicted octanol–water partition coefficient (Wildman–Crippen LogP) is 15.9. The maximum Gasteiger partial charge on any atom is 0.311 e. The number of aliphatic hydroxyl groups excluding tert-OH is 3. The van der Waals surface area contributed by atoms with E-state index in [4.69, 9.17) is 15.5 Å². The minimum atomic E-state index is -0.321. The number of carbonyl (C=O) groups excluding carboxylic acids is 2. The van der Waals surface area contributed by atoms with Gasteiger partial charge in [-0.05, 0) is 222 Å². The van der Waals surface area contributed by atoms with Gasteiger partial charge in [-0.25, -0.2) is 24.9 Å². The minimum Gasteiger partial charge on any atom is -0.466 e. The summed E-state index contributed by atoms with van der Waals surface area (Å²) in [6.45, 7) is 5.48. The van der Waals surface area contributed by atoms with Crippen LogP contribution in [-0.2, 0) is 47.0 Å². The van der Waals surface area contributed by atoms with Gasteiger partial charge in [0, 0.05) is 137 Å². The first-order valence-corrected chi connectivity index (χ1v) is 49.0. The molecule has 20 rings (SSSR count). The van der Waals surface area contributed by atoms with Crippen LogP contribution in [0.25, 0.3) is 28.2 Å². The molecule has 1 amide bonds. The lowest BCUT2D eigenvalue weighted by Crippen LogP contribution is -2.40. The van der Waals surface area contributed by atoms with Crippen molar-refractivity contribution in [3.63, 3.8) is 0 Å². The fourth-order valence-electron chi connectivity index (χ4n) is 17.2. The lowest BCUT2D eigenvalue weighted by molar-refractivity contribution is -0.149. The Kier molecular flexibility index (Phi) is 32.6. The Morgan fingerprint density at radius 3 is 0.955 bits per heavy atom. The zero-order chi connectivity index (χ0) is 92.9. The summed E-state index contributed by atoms with van der Waals surface area (Å²) >= 11 is 17.5. The molecule has 15 aromatic heterocycles. The molecule has 5 aliphatic carbocycles. The fraction of sp³-hybridized carbons (Fsp3) is 0.380. The Morgan fingerprint density at radius 1 is 0.388 bits per heavy atom. The van der Waals surface area contributed by atoms with E-state index < -0.39 is 0 Å². The van der Waals surface area contributed by atoms with Gasteiger partial charge in [0.25, 0.3) is 0 Å². The normalized spacial score (nSPS) is 18.9. The number of esters is 1. The number of fused-ring (bicyclic) bond motifs is 5. The maximum absolute atomic E-state index is 12.4. The molecule has 5 aliphatic rings. The van der Waals surface area contributed by atoms with Crippen molar-refractivity contribution >= 4 is 178 Å². The standard InChI is InChI=1S/C21H25BrN6O2.C19H22BrN7O.C18H21BrN6O.2C17H19BrN6O/c1-2-30-21(29)15-7-3-4-8-17(15)26-18-10-19(24-12-14-6-5-9-23-11-14)28-20(27-18)16(22)13-25-28;20-14-11-24-27-17(23-10-12-4-3-7-22-9-12)8-16(26-19(14)27)25-15-6-2-1-5-13(15)18(21)28;19-14-11-22-25-16(21-10-13-4-3-7-20-9-13)8-15(23-17(14)25)24-18(12-26)5-1-2-6-18;2*18-12-10-21-24-16(20-9-11-3-2-6-19-8-11)7-15(23-17(12)24)22-13-4-1-5-14(13)25/h5-6,9-11,13,15,17,24H,2-4,7-8,12H2,1H3,(H,26,27);3-4,7-9,11,13,15,23H,1-2,5-6,10H2,(H2,21,28)(H,25,26);3-4,7-9,11,21,26H,1-2,5-6,10,12H2,(H,23,24);2*2-3,6-8,10,13-14,20,25H,1,4-5,9H2,(H,22,23)/t15-,17?;13-,15?;;2*13-,14-/m00.10/s1. The summed E-state index contributed by atoms with van der Waals surface area (Å²) in [6, 6.07) is 29.4. The number of halogens is 5. The number of ether oxygens (including phenoxy) is 1. The molecule has 42 heteroatoms. The minimum absolute atomic E-state index is 0.000574. The number of anilines is 10. The molecule has 5 saturated carbocycles. The van der Waals surface area contributed by atoms with Gasteiger partial charge < -0.3 is 79.0 Å². The average molecular weight is 2140 g/mol. The van der Waals surface area contributed by atoms with Crippen molar-refractivity contribution in [1.82, 2.24) is 97.9 Å². The van der Waals surface area contributed by atoms with E-state index in [9.17, 15) is 24.9 Å². The van der Waals surface area contributed by atoms with Gasteiger partial charge in [0.15, 0.2) is 28.2 Å². The van der Waals surface area contributed by atoms with Crippen molar-refractivity contribution in [3.05, 3.63) is 234 Å². The van der Waals surface area contributed by atoms with E-state index in [0.29, 0.717) is 62.3 Å². The molecular formula is C92H106Br5N31O6. The zero-order valence-corrected chi connectivity index (χ0v) is 81.5. The van der Waals surface area contributed by atoms with E-state index in [2.05, 4.69) is 203 Å². The highest BCUT2D eigenvalue weighted by Gasteiger charge is 2.36. The number of hydrogen-bond acceptors (Lipinski definition) is 31. The summed E-state index contributed by atoms with van der Waals surface area (Å²) in [6.07, 6.45) is 43.4. The molecule has 0 aliphatic heterocycles. The quantitative estimate of drug-likeness (QED) is 0.0194. The number of carbonyl (C=O) groups is 2. The summed E-state index contributed by atoms with van der Waals surface area (Å²) < 4.78 is 18.2. The van der Waals surface area contributed by atoms with E-state index in [1.54, 1.807) is 84.5 Å². The summed E-state index contributed by atoms with van der Waals surface area (Å²) in [4.78, 5) is 68.3. The highest BCUT2D eigenvalue weighted by Crippen LogP contribution is 2.37. The molecule has 5 fully saturated rings. The van der Waals surface area contributed by atoms with Gasteiger partial charge in [-0.15, -0.1) is 0 Å². The Bertz CT molecular complexity index is 6240. The number of nitrogens with one attached hydrogen (secondary N) is 10. The molecule has 0 aromatic carbocycles. The largest absolute Gasteiger partial charge is 0.466 e. The second kappa shape index (κ2) is 45.9.